The SMILES string of the molecule is Nc1cc(-c2cccc(CC(=O)O)c2)ccn1. The summed E-state index contributed by atoms with van der Waals surface area (Å²) >= 11 is 0. The van der Waals surface area contributed by atoms with Gasteiger partial charge >= 0.3 is 5.97 Å². The number of nitrogens with zero attached hydrogens (tertiary/aromatic N) is 1. The van der Waals surface area contributed by atoms with Crippen molar-refractivity contribution in [1.29, 1.82) is 0 Å². The Hall–Kier alpha value is -2.36. The highest BCUT2D eigenvalue weighted by Gasteiger charge is 2.03. The van der Waals surface area contributed by atoms with Crippen molar-refractivity contribution < 1.29 is 9.90 Å². The molecular weight excluding hydrogens is 216 g/mol. The number of carbonyl (C=O) groups is 1. The number of nitrogens with two attached hydrogens (primary N) is 1. The summed E-state index contributed by atoms with van der Waals surface area (Å²) in [7, 11) is 0. The molecule has 0 aliphatic carbocycles. The molecule has 3 N–H and O–H groups in total. The van der Waals surface area contributed by atoms with Gasteiger partial charge in [0.15, 0.2) is 0 Å². The maximum atomic E-state index is 10.6. The second-order valence-electron chi connectivity index (χ2n) is 3.74. The van der Waals surface area contributed by atoms with E-state index in [1.807, 2.05) is 24.3 Å². The maximum absolute atomic E-state index is 10.6. The van der Waals surface area contributed by atoms with Crippen LogP contribution < -0.4 is 5.73 Å². The fourth-order valence-corrected chi connectivity index (χ4v) is 1.66. The largest absolute Gasteiger partial charge is 0.481 e. The molecule has 0 radical (unpaired) electrons. The first-order valence-corrected chi connectivity index (χ1v) is 5.18. The number of pyridine rings is 1. The number of aliphatic carboxylic acids is 1. The standard InChI is InChI=1S/C13H12N2O2/c14-12-8-11(4-5-15-12)10-3-1-2-9(6-10)7-13(16)17/h1-6,8H,7H2,(H2,14,15)(H,16,17). The Morgan fingerprint density at radius 1 is 1.24 bits per heavy atom. The number of anilines is 1. The van der Waals surface area contributed by atoms with Crippen molar-refractivity contribution in [3.05, 3.63) is 48.2 Å². The summed E-state index contributed by atoms with van der Waals surface area (Å²) in [5, 5.41) is 8.74. The van der Waals surface area contributed by atoms with Gasteiger partial charge < -0.3 is 10.8 Å². The molecule has 1 aromatic heterocycles. The van der Waals surface area contributed by atoms with Gasteiger partial charge in [-0.05, 0) is 28.8 Å². The zero-order chi connectivity index (χ0) is 12.3. The van der Waals surface area contributed by atoms with E-state index in [9.17, 15) is 4.79 Å². The van der Waals surface area contributed by atoms with Gasteiger partial charge in [0.1, 0.15) is 5.82 Å². The van der Waals surface area contributed by atoms with E-state index in [2.05, 4.69) is 4.98 Å². The van der Waals surface area contributed by atoms with Crippen molar-refractivity contribution in [2.75, 3.05) is 5.73 Å². The Labute approximate surface area is 98.7 Å². The van der Waals surface area contributed by atoms with Crippen LogP contribution in [0.5, 0.6) is 0 Å². The zero-order valence-corrected chi connectivity index (χ0v) is 9.13. The number of hydrogen-bond donors (Lipinski definition) is 2. The van der Waals surface area contributed by atoms with E-state index in [1.165, 1.54) is 0 Å². The third-order valence-corrected chi connectivity index (χ3v) is 2.40. The summed E-state index contributed by atoms with van der Waals surface area (Å²) < 4.78 is 0. The average molecular weight is 228 g/mol. The van der Waals surface area contributed by atoms with Crippen LogP contribution in [0, 0.1) is 0 Å². The molecule has 0 amide bonds. The van der Waals surface area contributed by atoms with Crippen LogP contribution in [0.3, 0.4) is 0 Å². The number of rotatable bonds is 3. The first kappa shape index (κ1) is 11.1. The van der Waals surface area contributed by atoms with E-state index in [1.54, 1.807) is 18.3 Å². The Morgan fingerprint density at radius 3 is 2.71 bits per heavy atom. The summed E-state index contributed by atoms with van der Waals surface area (Å²) in [6.45, 7) is 0. The van der Waals surface area contributed by atoms with Crippen LogP contribution in [0.15, 0.2) is 42.6 Å². The Bertz CT molecular complexity index is 553. The first-order chi connectivity index (χ1) is 8.15. The van der Waals surface area contributed by atoms with Crippen LogP contribution in [0.1, 0.15) is 5.56 Å². The predicted molar refractivity (Wildman–Crippen MR) is 65.4 cm³/mol. The number of benzene rings is 1. The van der Waals surface area contributed by atoms with E-state index >= 15 is 0 Å². The van der Waals surface area contributed by atoms with Gasteiger partial charge in [-0.1, -0.05) is 24.3 Å². The molecule has 0 aliphatic heterocycles. The highest BCUT2D eigenvalue weighted by molar-refractivity contribution is 5.72. The number of aromatic nitrogens is 1. The molecule has 86 valence electrons. The quantitative estimate of drug-likeness (QED) is 0.841. The lowest BCUT2D eigenvalue weighted by molar-refractivity contribution is -0.136. The molecule has 0 aliphatic rings. The molecule has 0 bridgehead atoms. The molecule has 0 unspecified atom stereocenters. The summed E-state index contributed by atoms with van der Waals surface area (Å²) in [5.41, 5.74) is 8.26. The third-order valence-electron chi connectivity index (χ3n) is 2.40. The summed E-state index contributed by atoms with van der Waals surface area (Å²) in [5.74, 6) is -0.387. The van der Waals surface area contributed by atoms with Crippen LogP contribution in [0.4, 0.5) is 5.82 Å². The number of carboxylic acid groups (broad SMARTS) is 1. The number of hydrogen-bond acceptors (Lipinski definition) is 3. The topological polar surface area (TPSA) is 76.2 Å². The minimum atomic E-state index is -0.837. The van der Waals surface area contributed by atoms with E-state index < -0.39 is 5.97 Å². The van der Waals surface area contributed by atoms with E-state index in [0.29, 0.717) is 5.82 Å². The van der Waals surface area contributed by atoms with Crippen LogP contribution in [0.2, 0.25) is 0 Å². The summed E-state index contributed by atoms with van der Waals surface area (Å²) in [6.07, 6.45) is 1.66. The van der Waals surface area contributed by atoms with Gasteiger partial charge in [-0.2, -0.15) is 0 Å². The lowest BCUT2D eigenvalue weighted by Crippen LogP contribution is -1.99. The Balaban J connectivity index is 2.36. The van der Waals surface area contributed by atoms with E-state index in [4.69, 9.17) is 10.8 Å². The van der Waals surface area contributed by atoms with Crippen LogP contribution in [-0.2, 0) is 11.2 Å². The molecule has 4 nitrogen and oxygen atoms in total. The predicted octanol–water partition coefficient (Wildman–Crippen LogP) is 1.96. The molecule has 0 fully saturated rings. The molecule has 2 aromatic rings. The Morgan fingerprint density at radius 2 is 2.00 bits per heavy atom. The van der Waals surface area contributed by atoms with Crippen molar-refractivity contribution in [1.82, 2.24) is 4.98 Å². The second kappa shape index (κ2) is 4.65. The first-order valence-electron chi connectivity index (χ1n) is 5.18. The maximum Gasteiger partial charge on any atom is 0.307 e. The third kappa shape index (κ3) is 2.81. The molecular formula is C13H12N2O2. The Kier molecular flexibility index (Phi) is 3.05. The van der Waals surface area contributed by atoms with Gasteiger partial charge in [0.05, 0.1) is 6.42 Å². The smallest absolute Gasteiger partial charge is 0.307 e. The fourth-order valence-electron chi connectivity index (χ4n) is 1.66. The zero-order valence-electron chi connectivity index (χ0n) is 9.13. The van der Waals surface area contributed by atoms with Gasteiger partial charge in [0, 0.05) is 6.20 Å². The number of nitrogen functional groups attached to an aromatic ring is 1. The van der Waals surface area contributed by atoms with E-state index in [0.717, 1.165) is 16.7 Å². The monoisotopic (exact) mass is 228 g/mol. The summed E-state index contributed by atoms with van der Waals surface area (Å²) in [4.78, 5) is 14.6. The van der Waals surface area contributed by atoms with Gasteiger partial charge in [-0.15, -0.1) is 0 Å². The lowest BCUT2D eigenvalue weighted by Gasteiger charge is -2.04. The molecule has 0 spiro atoms. The van der Waals surface area contributed by atoms with Crippen LogP contribution in [0.25, 0.3) is 11.1 Å². The van der Waals surface area contributed by atoms with Gasteiger partial charge in [0.25, 0.3) is 0 Å². The molecule has 2 rings (SSSR count). The molecule has 0 saturated heterocycles. The van der Waals surface area contributed by atoms with Crippen molar-refractivity contribution in [3.8, 4) is 11.1 Å². The van der Waals surface area contributed by atoms with Crippen molar-refractivity contribution in [3.63, 3.8) is 0 Å². The fraction of sp³-hybridized carbons (Fsp3) is 0.0769. The lowest BCUT2D eigenvalue weighted by atomic mass is 10.0. The van der Waals surface area contributed by atoms with Gasteiger partial charge in [-0.3, -0.25) is 4.79 Å². The van der Waals surface area contributed by atoms with Crippen LogP contribution in [-0.4, -0.2) is 16.1 Å². The van der Waals surface area contributed by atoms with Gasteiger partial charge in [0.2, 0.25) is 0 Å². The van der Waals surface area contributed by atoms with E-state index in [-0.39, 0.29) is 6.42 Å². The molecule has 0 saturated carbocycles. The average Bonchev–Trinajstić information content (AvgIpc) is 2.28. The molecule has 4 heteroatoms. The molecule has 17 heavy (non-hydrogen) atoms. The minimum Gasteiger partial charge on any atom is -0.481 e. The molecule has 1 heterocycles. The summed E-state index contributed by atoms with van der Waals surface area (Å²) in [6, 6.07) is 11.0. The highest BCUT2D eigenvalue weighted by atomic mass is 16.4. The molecule has 0 atom stereocenters. The highest BCUT2D eigenvalue weighted by Crippen LogP contribution is 2.21. The number of carboxylic acids is 1. The molecule has 1 aromatic carbocycles. The second-order valence-corrected chi connectivity index (χ2v) is 3.74. The minimum absolute atomic E-state index is 0.0222. The van der Waals surface area contributed by atoms with Gasteiger partial charge in [-0.25, -0.2) is 4.98 Å². The normalized spacial score (nSPS) is 10.1. The van der Waals surface area contributed by atoms with Crippen molar-refractivity contribution >= 4 is 11.8 Å². The van der Waals surface area contributed by atoms with Crippen LogP contribution >= 0.6 is 0 Å². The van der Waals surface area contributed by atoms with Crippen molar-refractivity contribution in [2.24, 2.45) is 0 Å². The van der Waals surface area contributed by atoms with Crippen molar-refractivity contribution in [2.45, 2.75) is 6.42 Å².